The van der Waals surface area contributed by atoms with Gasteiger partial charge in [-0.3, -0.25) is 0 Å². The minimum absolute atomic E-state index is 0.198. The molecule has 0 fully saturated rings. The molecule has 0 aliphatic carbocycles. The van der Waals surface area contributed by atoms with Gasteiger partial charge in [0.1, 0.15) is 11.6 Å². The zero-order chi connectivity index (χ0) is 14.7. The number of halogens is 2. The third-order valence-corrected chi connectivity index (χ3v) is 4.08. The van der Waals surface area contributed by atoms with Crippen molar-refractivity contribution in [3.63, 3.8) is 0 Å². The number of nitrogens with zero attached hydrogens (tertiary/aromatic N) is 3. The molecule has 1 aromatic heterocycles. The zero-order valence-corrected chi connectivity index (χ0v) is 14.1. The van der Waals surface area contributed by atoms with E-state index in [9.17, 15) is 5.26 Å². The van der Waals surface area contributed by atoms with Gasteiger partial charge in [-0.15, -0.1) is 0 Å². The molecule has 3 nitrogen and oxygen atoms in total. The second kappa shape index (κ2) is 6.57. The molecule has 0 N–H and O–H groups in total. The van der Waals surface area contributed by atoms with E-state index >= 15 is 0 Å². The molecule has 0 aliphatic heterocycles. The summed E-state index contributed by atoms with van der Waals surface area (Å²) < 4.78 is 0.969. The summed E-state index contributed by atoms with van der Waals surface area (Å²) in [4.78, 5) is 8.65. The molecule has 0 amide bonds. The van der Waals surface area contributed by atoms with Crippen LogP contribution in [0, 0.1) is 11.3 Å². The Morgan fingerprint density at radius 1 is 1.25 bits per heavy atom. The number of rotatable bonds is 3. The summed E-state index contributed by atoms with van der Waals surface area (Å²) in [7, 11) is 0. The number of hydrogen-bond acceptors (Lipinski definition) is 4. The smallest absolute Gasteiger partial charge is 0.189 e. The Morgan fingerprint density at radius 3 is 2.45 bits per heavy atom. The fourth-order valence-corrected chi connectivity index (χ4v) is 2.83. The molecule has 0 saturated heterocycles. The molecule has 0 spiro atoms. The van der Waals surface area contributed by atoms with E-state index in [-0.39, 0.29) is 5.15 Å². The fraction of sp³-hybridized carbons (Fsp3) is 0.214. The van der Waals surface area contributed by atoms with Gasteiger partial charge in [0.15, 0.2) is 10.3 Å². The number of aromatic nitrogens is 2. The Labute approximate surface area is 135 Å². The largest absolute Gasteiger partial charge is 0.221 e. The molecule has 2 aromatic rings. The Bertz CT molecular complexity index is 665. The standard InChI is InChI=1S/C14H11BrClN3S/c1-8(2)20-14-18-12(11(7-17)13(16)19-14)9-3-5-10(15)6-4-9/h3-6,8H,1-2H3. The molecule has 0 radical (unpaired) electrons. The second-order valence-corrected chi connectivity index (χ2v) is 7.12. The average Bonchev–Trinajstić information content (AvgIpc) is 2.38. The summed E-state index contributed by atoms with van der Waals surface area (Å²) in [5.74, 6) is 0. The fourth-order valence-electron chi connectivity index (χ4n) is 1.59. The van der Waals surface area contributed by atoms with Crippen molar-refractivity contribution in [1.82, 2.24) is 9.97 Å². The lowest BCUT2D eigenvalue weighted by atomic mass is 10.1. The molecular formula is C14H11BrClN3S. The molecule has 0 aliphatic rings. The van der Waals surface area contributed by atoms with Gasteiger partial charge in [0.25, 0.3) is 0 Å². The highest BCUT2D eigenvalue weighted by molar-refractivity contribution is 9.10. The Kier molecular flexibility index (Phi) is 5.03. The summed E-state index contributed by atoms with van der Waals surface area (Å²) in [6.45, 7) is 4.11. The highest BCUT2D eigenvalue weighted by atomic mass is 79.9. The van der Waals surface area contributed by atoms with Crippen molar-refractivity contribution in [2.45, 2.75) is 24.3 Å². The molecule has 0 atom stereocenters. The third-order valence-electron chi connectivity index (χ3n) is 2.41. The predicted octanol–water partition coefficient (Wildman–Crippen LogP) is 4.93. The van der Waals surface area contributed by atoms with E-state index < -0.39 is 0 Å². The van der Waals surface area contributed by atoms with Gasteiger partial charge in [-0.1, -0.05) is 65.3 Å². The van der Waals surface area contributed by atoms with Gasteiger partial charge in [-0.05, 0) is 12.1 Å². The summed E-state index contributed by atoms with van der Waals surface area (Å²) in [5.41, 5.74) is 1.73. The third kappa shape index (κ3) is 3.51. The highest BCUT2D eigenvalue weighted by Crippen LogP contribution is 2.30. The van der Waals surface area contributed by atoms with E-state index in [1.807, 2.05) is 24.3 Å². The second-order valence-electron chi connectivity index (χ2n) is 4.31. The lowest BCUT2D eigenvalue weighted by Gasteiger charge is -2.09. The molecule has 2 rings (SSSR count). The summed E-state index contributed by atoms with van der Waals surface area (Å²) in [5, 5.41) is 10.4. The minimum Gasteiger partial charge on any atom is -0.221 e. The monoisotopic (exact) mass is 367 g/mol. The maximum atomic E-state index is 9.26. The van der Waals surface area contributed by atoms with Crippen LogP contribution in [0.4, 0.5) is 0 Å². The van der Waals surface area contributed by atoms with Crippen LogP contribution in [0.3, 0.4) is 0 Å². The SMILES string of the molecule is CC(C)Sc1nc(Cl)c(C#N)c(-c2ccc(Br)cc2)n1. The van der Waals surface area contributed by atoms with Crippen molar-refractivity contribution < 1.29 is 0 Å². The van der Waals surface area contributed by atoms with Crippen LogP contribution in [0.5, 0.6) is 0 Å². The maximum Gasteiger partial charge on any atom is 0.189 e. The summed E-state index contributed by atoms with van der Waals surface area (Å²) in [6.07, 6.45) is 0. The Balaban J connectivity index is 2.57. The molecule has 0 bridgehead atoms. The average molecular weight is 369 g/mol. The molecule has 102 valence electrons. The Hall–Kier alpha value is -1.09. The molecule has 20 heavy (non-hydrogen) atoms. The lowest BCUT2D eigenvalue weighted by molar-refractivity contribution is 0.954. The molecule has 1 heterocycles. The van der Waals surface area contributed by atoms with Gasteiger partial charge in [-0.2, -0.15) is 5.26 Å². The van der Waals surface area contributed by atoms with Crippen LogP contribution in [0.25, 0.3) is 11.3 Å². The first-order valence-electron chi connectivity index (χ1n) is 5.91. The van der Waals surface area contributed by atoms with E-state index in [1.165, 1.54) is 11.8 Å². The van der Waals surface area contributed by atoms with Crippen LogP contribution in [0.15, 0.2) is 33.9 Å². The highest BCUT2D eigenvalue weighted by Gasteiger charge is 2.15. The van der Waals surface area contributed by atoms with Gasteiger partial charge in [0.2, 0.25) is 0 Å². The van der Waals surface area contributed by atoms with Gasteiger partial charge in [0, 0.05) is 15.3 Å². The number of nitriles is 1. The zero-order valence-electron chi connectivity index (χ0n) is 10.9. The van der Waals surface area contributed by atoms with Crippen LogP contribution in [-0.2, 0) is 0 Å². The van der Waals surface area contributed by atoms with Gasteiger partial charge >= 0.3 is 0 Å². The molecule has 0 unspecified atom stereocenters. The van der Waals surface area contributed by atoms with Crippen LogP contribution in [0.2, 0.25) is 5.15 Å². The van der Waals surface area contributed by atoms with Crippen LogP contribution < -0.4 is 0 Å². The molecule has 1 aromatic carbocycles. The van der Waals surface area contributed by atoms with E-state index in [0.29, 0.717) is 21.7 Å². The number of benzene rings is 1. The van der Waals surface area contributed by atoms with Crippen molar-refractivity contribution in [2.24, 2.45) is 0 Å². The predicted molar refractivity (Wildman–Crippen MR) is 85.9 cm³/mol. The van der Waals surface area contributed by atoms with Crippen molar-refractivity contribution in [2.75, 3.05) is 0 Å². The summed E-state index contributed by atoms with van der Waals surface area (Å²) in [6, 6.07) is 9.68. The molecule has 6 heteroatoms. The topological polar surface area (TPSA) is 49.6 Å². The van der Waals surface area contributed by atoms with Crippen LogP contribution in [-0.4, -0.2) is 15.2 Å². The minimum atomic E-state index is 0.198. The van der Waals surface area contributed by atoms with E-state index in [4.69, 9.17) is 11.6 Å². The first kappa shape index (κ1) is 15.3. The van der Waals surface area contributed by atoms with E-state index in [2.05, 4.69) is 45.8 Å². The molecule has 0 saturated carbocycles. The van der Waals surface area contributed by atoms with Crippen molar-refractivity contribution in [3.05, 3.63) is 39.5 Å². The first-order chi connectivity index (χ1) is 9.51. The lowest BCUT2D eigenvalue weighted by Crippen LogP contribution is -1.99. The van der Waals surface area contributed by atoms with E-state index in [1.54, 1.807) is 0 Å². The van der Waals surface area contributed by atoms with Gasteiger partial charge in [-0.25, -0.2) is 9.97 Å². The summed E-state index contributed by atoms with van der Waals surface area (Å²) >= 11 is 11.0. The van der Waals surface area contributed by atoms with Crippen LogP contribution >= 0.6 is 39.3 Å². The first-order valence-corrected chi connectivity index (χ1v) is 7.96. The van der Waals surface area contributed by atoms with E-state index in [0.717, 1.165) is 10.0 Å². The van der Waals surface area contributed by atoms with Gasteiger partial charge < -0.3 is 0 Å². The normalized spacial score (nSPS) is 10.6. The van der Waals surface area contributed by atoms with Crippen molar-refractivity contribution in [1.29, 1.82) is 5.26 Å². The van der Waals surface area contributed by atoms with Crippen LogP contribution in [0.1, 0.15) is 19.4 Å². The Morgan fingerprint density at radius 2 is 1.90 bits per heavy atom. The quantitative estimate of drug-likeness (QED) is 0.438. The number of hydrogen-bond donors (Lipinski definition) is 0. The number of thioether (sulfide) groups is 1. The maximum absolute atomic E-state index is 9.26. The van der Waals surface area contributed by atoms with Gasteiger partial charge in [0.05, 0.1) is 5.69 Å². The molecular weight excluding hydrogens is 358 g/mol. The van der Waals surface area contributed by atoms with Crippen molar-refractivity contribution >= 4 is 39.3 Å². The van der Waals surface area contributed by atoms with Crippen molar-refractivity contribution in [3.8, 4) is 17.3 Å².